The summed E-state index contributed by atoms with van der Waals surface area (Å²) in [5.74, 6) is -0.403. The van der Waals surface area contributed by atoms with E-state index in [1.165, 1.54) is 0 Å². The second kappa shape index (κ2) is 9.20. The van der Waals surface area contributed by atoms with Gasteiger partial charge >= 0.3 is 0 Å². The Bertz CT molecular complexity index is 1510. The minimum atomic E-state index is -0.210. The number of hydrogen-bond acceptors (Lipinski definition) is 2. The predicted molar refractivity (Wildman–Crippen MR) is 138 cm³/mol. The number of nitrogens with one attached hydrogen (secondary N) is 2. The predicted octanol–water partition coefficient (Wildman–Crippen LogP) is 6.74. The molecular weight excluding hydrogens is 420 g/mol. The van der Waals surface area contributed by atoms with Crippen molar-refractivity contribution in [2.24, 2.45) is 0 Å². The molecule has 0 radical (unpaired) electrons. The van der Waals surface area contributed by atoms with E-state index in [9.17, 15) is 9.59 Å². The average molecular weight is 445 g/mol. The van der Waals surface area contributed by atoms with Crippen LogP contribution in [-0.4, -0.2) is 11.8 Å². The van der Waals surface area contributed by atoms with Crippen LogP contribution in [0.2, 0.25) is 0 Å². The molecule has 5 aromatic carbocycles. The van der Waals surface area contributed by atoms with Crippen LogP contribution in [0.15, 0.2) is 109 Å². The van der Waals surface area contributed by atoms with Crippen LogP contribution in [0.4, 0.5) is 5.69 Å². The number of rotatable bonds is 5. The summed E-state index contributed by atoms with van der Waals surface area (Å²) in [6, 6.07) is 34.5. The van der Waals surface area contributed by atoms with Crippen molar-refractivity contribution in [1.82, 2.24) is 5.32 Å². The van der Waals surface area contributed by atoms with Crippen LogP contribution < -0.4 is 10.6 Å². The lowest BCUT2D eigenvalue weighted by atomic mass is 9.99. The van der Waals surface area contributed by atoms with Gasteiger partial charge in [0.25, 0.3) is 11.8 Å². The van der Waals surface area contributed by atoms with Gasteiger partial charge in [-0.2, -0.15) is 0 Å². The largest absolute Gasteiger partial charge is 0.345 e. The highest BCUT2D eigenvalue weighted by Gasteiger charge is 2.15. The van der Waals surface area contributed by atoms with Crippen LogP contribution >= 0.6 is 0 Å². The van der Waals surface area contributed by atoms with Crippen molar-refractivity contribution in [3.8, 4) is 0 Å². The molecule has 5 rings (SSSR count). The van der Waals surface area contributed by atoms with Crippen molar-refractivity contribution in [1.29, 1.82) is 0 Å². The van der Waals surface area contributed by atoms with Gasteiger partial charge in [-0.3, -0.25) is 9.59 Å². The Morgan fingerprint density at radius 2 is 1.26 bits per heavy atom. The summed E-state index contributed by atoms with van der Waals surface area (Å²) in [7, 11) is 0. The first-order valence-corrected chi connectivity index (χ1v) is 11.3. The Morgan fingerprint density at radius 1 is 0.647 bits per heavy atom. The molecule has 4 heteroatoms. The summed E-state index contributed by atoms with van der Waals surface area (Å²) >= 11 is 0. The first-order valence-electron chi connectivity index (χ1n) is 11.3. The standard InChI is InChI=1S/C30H24N2O2/c1-20(25-17-7-11-21-9-2-4-15-26(21)25)31-29(33)23-13-6-14-24(19-23)32-30(34)28-18-8-12-22-10-3-5-16-27(22)28/h2-20H,1H3,(H,31,33)(H,32,34)/t20-/m1/s1. The molecule has 2 N–H and O–H groups in total. The number of benzene rings is 5. The van der Waals surface area contributed by atoms with E-state index in [2.05, 4.69) is 28.8 Å². The van der Waals surface area contributed by atoms with Gasteiger partial charge in [-0.1, -0.05) is 84.9 Å². The van der Waals surface area contributed by atoms with E-state index < -0.39 is 0 Å². The van der Waals surface area contributed by atoms with E-state index in [0.717, 1.165) is 27.1 Å². The lowest BCUT2D eigenvalue weighted by molar-refractivity contribution is 0.0939. The minimum Gasteiger partial charge on any atom is -0.345 e. The third kappa shape index (κ3) is 4.26. The lowest BCUT2D eigenvalue weighted by Crippen LogP contribution is -2.27. The smallest absolute Gasteiger partial charge is 0.256 e. The van der Waals surface area contributed by atoms with Crippen LogP contribution in [-0.2, 0) is 0 Å². The molecule has 34 heavy (non-hydrogen) atoms. The molecule has 0 fully saturated rings. The number of anilines is 1. The normalized spacial score (nSPS) is 11.8. The Morgan fingerprint density at radius 3 is 2.06 bits per heavy atom. The van der Waals surface area contributed by atoms with Crippen LogP contribution in [0.3, 0.4) is 0 Å². The number of amides is 2. The van der Waals surface area contributed by atoms with Gasteiger partial charge in [0.1, 0.15) is 0 Å². The molecule has 166 valence electrons. The van der Waals surface area contributed by atoms with E-state index in [4.69, 9.17) is 0 Å². The first-order chi connectivity index (χ1) is 16.6. The Labute approximate surface area is 198 Å². The first kappa shape index (κ1) is 21.4. The summed E-state index contributed by atoms with van der Waals surface area (Å²) in [5, 5.41) is 10.2. The topological polar surface area (TPSA) is 58.2 Å². The van der Waals surface area contributed by atoms with Crippen molar-refractivity contribution < 1.29 is 9.59 Å². The van der Waals surface area contributed by atoms with E-state index in [-0.39, 0.29) is 17.9 Å². The molecule has 0 aliphatic heterocycles. The second-order valence-electron chi connectivity index (χ2n) is 8.33. The van der Waals surface area contributed by atoms with Crippen LogP contribution in [0.1, 0.15) is 39.2 Å². The van der Waals surface area contributed by atoms with Gasteiger partial charge in [0, 0.05) is 16.8 Å². The molecule has 0 saturated heterocycles. The van der Waals surface area contributed by atoms with Crippen molar-refractivity contribution >= 4 is 39.0 Å². The monoisotopic (exact) mass is 444 g/mol. The van der Waals surface area contributed by atoms with Gasteiger partial charge < -0.3 is 10.6 Å². The number of fused-ring (bicyclic) bond motifs is 2. The number of carbonyl (C=O) groups excluding carboxylic acids is 2. The fraction of sp³-hybridized carbons (Fsp3) is 0.0667. The van der Waals surface area contributed by atoms with Gasteiger partial charge in [-0.25, -0.2) is 0 Å². The highest BCUT2D eigenvalue weighted by molar-refractivity contribution is 6.13. The SMILES string of the molecule is C[C@@H](NC(=O)c1cccc(NC(=O)c2cccc3ccccc23)c1)c1cccc2ccccc12. The zero-order valence-electron chi connectivity index (χ0n) is 18.8. The van der Waals surface area contributed by atoms with E-state index in [1.807, 2.05) is 67.6 Å². The highest BCUT2D eigenvalue weighted by atomic mass is 16.2. The van der Waals surface area contributed by atoms with Gasteiger partial charge in [0.15, 0.2) is 0 Å². The Hall–Kier alpha value is -4.44. The van der Waals surface area contributed by atoms with Gasteiger partial charge in [-0.15, -0.1) is 0 Å². The third-order valence-corrected chi connectivity index (χ3v) is 6.05. The zero-order valence-corrected chi connectivity index (χ0v) is 18.8. The zero-order chi connectivity index (χ0) is 23.5. The van der Waals surface area contributed by atoms with E-state index in [0.29, 0.717) is 16.8 Å². The molecule has 0 aromatic heterocycles. The Kier molecular flexibility index (Phi) is 5.79. The van der Waals surface area contributed by atoms with Crippen molar-refractivity contribution in [3.63, 3.8) is 0 Å². The maximum Gasteiger partial charge on any atom is 0.256 e. The minimum absolute atomic E-state index is 0.174. The van der Waals surface area contributed by atoms with Crippen LogP contribution in [0.5, 0.6) is 0 Å². The van der Waals surface area contributed by atoms with Gasteiger partial charge in [0.05, 0.1) is 6.04 Å². The molecule has 0 aliphatic carbocycles. The van der Waals surface area contributed by atoms with Crippen molar-refractivity contribution in [3.05, 3.63) is 126 Å². The molecule has 0 spiro atoms. The molecule has 2 amide bonds. The number of hydrogen-bond donors (Lipinski definition) is 2. The molecular formula is C30H24N2O2. The maximum absolute atomic E-state index is 13.0. The molecule has 0 aliphatic rings. The molecule has 0 unspecified atom stereocenters. The average Bonchev–Trinajstić information content (AvgIpc) is 2.88. The van der Waals surface area contributed by atoms with Crippen LogP contribution in [0.25, 0.3) is 21.5 Å². The fourth-order valence-electron chi connectivity index (χ4n) is 4.35. The van der Waals surface area contributed by atoms with Gasteiger partial charge in [0.2, 0.25) is 0 Å². The summed E-state index contributed by atoms with van der Waals surface area (Å²) in [5.41, 5.74) is 2.72. The van der Waals surface area contributed by atoms with Crippen molar-refractivity contribution in [2.45, 2.75) is 13.0 Å². The maximum atomic E-state index is 13.0. The molecule has 0 saturated carbocycles. The quantitative estimate of drug-likeness (QED) is 0.315. The van der Waals surface area contributed by atoms with Crippen LogP contribution in [0, 0.1) is 0 Å². The third-order valence-electron chi connectivity index (χ3n) is 6.05. The van der Waals surface area contributed by atoms with Gasteiger partial charge in [-0.05, 0) is 58.3 Å². The lowest BCUT2D eigenvalue weighted by Gasteiger charge is -2.17. The Balaban J connectivity index is 1.34. The molecule has 0 heterocycles. The van der Waals surface area contributed by atoms with E-state index in [1.54, 1.807) is 30.3 Å². The van der Waals surface area contributed by atoms with Crippen molar-refractivity contribution in [2.75, 3.05) is 5.32 Å². The number of carbonyl (C=O) groups is 2. The molecule has 4 nitrogen and oxygen atoms in total. The van der Waals surface area contributed by atoms with E-state index >= 15 is 0 Å². The molecule has 5 aromatic rings. The summed E-state index contributed by atoms with van der Waals surface area (Å²) < 4.78 is 0. The second-order valence-corrected chi connectivity index (χ2v) is 8.33. The summed E-state index contributed by atoms with van der Waals surface area (Å²) in [6.07, 6.45) is 0. The molecule has 1 atom stereocenters. The highest BCUT2D eigenvalue weighted by Crippen LogP contribution is 2.25. The summed E-state index contributed by atoms with van der Waals surface area (Å²) in [6.45, 7) is 1.98. The fourth-order valence-corrected chi connectivity index (χ4v) is 4.35. The molecule has 0 bridgehead atoms. The summed E-state index contributed by atoms with van der Waals surface area (Å²) in [4.78, 5) is 26.0.